The Labute approximate surface area is 85.4 Å². The van der Waals surface area contributed by atoms with E-state index in [2.05, 4.69) is 0 Å². The first kappa shape index (κ1) is 15.8. The van der Waals surface area contributed by atoms with E-state index in [0.717, 1.165) is 6.26 Å². The van der Waals surface area contributed by atoms with Crippen LogP contribution in [0, 0.1) is 0 Å². The third-order valence-corrected chi connectivity index (χ3v) is 2.32. The molecule has 0 saturated carbocycles. The molecule has 0 bridgehead atoms. The normalized spacial score (nSPS) is 10.0. The average Bonchev–Trinajstić information content (AvgIpc) is 2.14. The van der Waals surface area contributed by atoms with Crippen LogP contribution >= 0.6 is 0 Å². The Morgan fingerprint density at radius 3 is 2.14 bits per heavy atom. The van der Waals surface area contributed by atoms with E-state index in [4.69, 9.17) is 5.21 Å². The van der Waals surface area contributed by atoms with E-state index in [-0.39, 0.29) is 12.2 Å². The van der Waals surface area contributed by atoms with Gasteiger partial charge in [0.15, 0.2) is 0 Å². The fourth-order valence-electron chi connectivity index (χ4n) is 0.706. The number of rotatable bonds is 5. The Bertz CT molecular complexity index is 236. The van der Waals surface area contributed by atoms with Crippen LogP contribution < -0.4 is 5.48 Å². The molecule has 0 radical (unpaired) electrons. The number of amides is 1. The molecule has 0 saturated heterocycles. The molecule has 6 heteroatoms. The van der Waals surface area contributed by atoms with Gasteiger partial charge in [-0.25, -0.2) is 13.9 Å². The summed E-state index contributed by atoms with van der Waals surface area (Å²) >= 11 is 0. The second-order valence-electron chi connectivity index (χ2n) is 2.62. The summed E-state index contributed by atoms with van der Waals surface area (Å²) in [5.41, 5.74) is 1.47. The predicted molar refractivity (Wildman–Crippen MR) is 54.8 cm³/mol. The van der Waals surface area contributed by atoms with Gasteiger partial charge in [-0.2, -0.15) is 0 Å². The first-order chi connectivity index (χ1) is 6.45. The number of carbonyl (C=O) groups is 1. The number of hydroxylamine groups is 1. The summed E-state index contributed by atoms with van der Waals surface area (Å²) in [6.45, 7) is 4.00. The highest BCUT2D eigenvalue weighted by Gasteiger charge is 2.03. The fraction of sp³-hybridized carbons (Fsp3) is 0.875. The molecule has 5 nitrogen and oxygen atoms in total. The van der Waals surface area contributed by atoms with E-state index >= 15 is 0 Å². The first-order valence-corrected chi connectivity index (χ1v) is 6.62. The van der Waals surface area contributed by atoms with Crippen LogP contribution in [-0.4, -0.2) is 31.5 Å². The lowest BCUT2D eigenvalue weighted by Gasteiger charge is -1.98. The smallest absolute Gasteiger partial charge is 0.243 e. The molecule has 0 aliphatic carbocycles. The summed E-state index contributed by atoms with van der Waals surface area (Å²) in [5, 5.41) is 8.08. The molecule has 14 heavy (non-hydrogen) atoms. The van der Waals surface area contributed by atoms with Crippen molar-refractivity contribution in [3.8, 4) is 0 Å². The minimum atomic E-state index is -2.92. The molecule has 0 aliphatic rings. The molecule has 86 valence electrons. The van der Waals surface area contributed by atoms with Gasteiger partial charge in [-0.1, -0.05) is 13.8 Å². The second kappa shape index (κ2) is 8.96. The topological polar surface area (TPSA) is 83.5 Å². The molecule has 0 aromatic heterocycles. The zero-order chi connectivity index (χ0) is 11.6. The second-order valence-corrected chi connectivity index (χ2v) is 4.88. The molecule has 0 atom stereocenters. The molecule has 0 spiro atoms. The first-order valence-electron chi connectivity index (χ1n) is 4.56. The van der Waals surface area contributed by atoms with Crippen LogP contribution in [0.25, 0.3) is 0 Å². The van der Waals surface area contributed by atoms with Crippen LogP contribution in [0.4, 0.5) is 0 Å². The highest BCUT2D eigenvalue weighted by molar-refractivity contribution is 7.90. The minimum Gasteiger partial charge on any atom is -0.289 e. The van der Waals surface area contributed by atoms with Crippen molar-refractivity contribution >= 4 is 15.7 Å². The van der Waals surface area contributed by atoms with Crippen LogP contribution in [0.5, 0.6) is 0 Å². The molecule has 0 heterocycles. The number of carbonyl (C=O) groups excluding carboxylic acids is 1. The average molecular weight is 225 g/mol. The predicted octanol–water partition coefficient (Wildman–Crippen LogP) is 0.733. The number of nitrogens with one attached hydrogen (secondary N) is 1. The monoisotopic (exact) mass is 225 g/mol. The third kappa shape index (κ3) is 13.9. The van der Waals surface area contributed by atoms with E-state index in [0.29, 0.717) is 12.8 Å². The Kier molecular flexibility index (Phi) is 10.1. The zero-order valence-corrected chi connectivity index (χ0v) is 9.73. The van der Waals surface area contributed by atoms with Gasteiger partial charge in [-0.05, 0) is 12.8 Å². The van der Waals surface area contributed by atoms with Gasteiger partial charge in [-0.15, -0.1) is 0 Å². The van der Waals surface area contributed by atoms with Gasteiger partial charge in [0.2, 0.25) is 5.91 Å². The Balaban J connectivity index is 0. The van der Waals surface area contributed by atoms with Crippen LogP contribution in [0.2, 0.25) is 0 Å². The van der Waals surface area contributed by atoms with Crippen molar-refractivity contribution in [1.29, 1.82) is 0 Å². The molecule has 1 amide bonds. The van der Waals surface area contributed by atoms with E-state index in [1.807, 2.05) is 13.8 Å². The Morgan fingerprint density at radius 1 is 1.29 bits per heavy atom. The molecule has 0 aliphatic heterocycles. The summed E-state index contributed by atoms with van der Waals surface area (Å²) in [6, 6.07) is 0. The lowest BCUT2D eigenvalue weighted by Crippen LogP contribution is -2.18. The Hall–Kier alpha value is -0.620. The maximum Gasteiger partial charge on any atom is 0.243 e. The van der Waals surface area contributed by atoms with Crippen molar-refractivity contribution in [3.63, 3.8) is 0 Å². The largest absolute Gasteiger partial charge is 0.289 e. The third-order valence-electron chi connectivity index (χ3n) is 1.29. The highest BCUT2D eigenvalue weighted by Crippen LogP contribution is 1.97. The van der Waals surface area contributed by atoms with Crippen LogP contribution in [0.3, 0.4) is 0 Å². The molecule has 0 unspecified atom stereocenters. The summed E-state index contributed by atoms with van der Waals surface area (Å²) < 4.78 is 21.2. The highest BCUT2D eigenvalue weighted by atomic mass is 32.2. The van der Waals surface area contributed by atoms with E-state index in [1.165, 1.54) is 5.48 Å². The lowest BCUT2D eigenvalue weighted by molar-refractivity contribution is -0.129. The lowest BCUT2D eigenvalue weighted by atomic mass is 10.2. The van der Waals surface area contributed by atoms with Gasteiger partial charge in [0.05, 0.1) is 0 Å². The van der Waals surface area contributed by atoms with Crippen molar-refractivity contribution in [3.05, 3.63) is 0 Å². The zero-order valence-electron chi connectivity index (χ0n) is 8.91. The SMILES string of the molecule is CC.CS(=O)(=O)CCCCC(=O)NO. The van der Waals surface area contributed by atoms with Crippen LogP contribution in [-0.2, 0) is 14.6 Å². The van der Waals surface area contributed by atoms with Crippen LogP contribution in [0.1, 0.15) is 33.1 Å². The van der Waals surface area contributed by atoms with Gasteiger partial charge >= 0.3 is 0 Å². The summed E-state index contributed by atoms with van der Waals surface area (Å²) in [6.07, 6.45) is 2.23. The number of unbranched alkanes of at least 4 members (excludes halogenated alkanes) is 1. The molecule has 0 fully saturated rings. The molecular formula is C8H19NO4S. The van der Waals surface area contributed by atoms with Gasteiger partial charge in [0.25, 0.3) is 0 Å². The van der Waals surface area contributed by atoms with Crippen molar-refractivity contribution in [2.24, 2.45) is 0 Å². The van der Waals surface area contributed by atoms with Crippen molar-refractivity contribution in [1.82, 2.24) is 5.48 Å². The molecule has 0 aromatic rings. The van der Waals surface area contributed by atoms with Gasteiger partial charge < -0.3 is 0 Å². The molecule has 2 N–H and O–H groups in total. The number of hydrogen-bond donors (Lipinski definition) is 2. The quantitative estimate of drug-likeness (QED) is 0.410. The van der Waals surface area contributed by atoms with E-state index in [9.17, 15) is 13.2 Å². The van der Waals surface area contributed by atoms with Crippen LogP contribution in [0.15, 0.2) is 0 Å². The van der Waals surface area contributed by atoms with Crippen molar-refractivity contribution in [2.45, 2.75) is 33.1 Å². The fourth-order valence-corrected chi connectivity index (χ4v) is 1.43. The maximum atomic E-state index is 10.6. The van der Waals surface area contributed by atoms with Gasteiger partial charge in [0.1, 0.15) is 9.84 Å². The van der Waals surface area contributed by atoms with Crippen molar-refractivity contribution < 1.29 is 18.4 Å². The number of hydrogen-bond acceptors (Lipinski definition) is 4. The van der Waals surface area contributed by atoms with Gasteiger partial charge in [0, 0.05) is 18.4 Å². The van der Waals surface area contributed by atoms with Gasteiger partial charge in [-0.3, -0.25) is 10.0 Å². The minimum absolute atomic E-state index is 0.0890. The Morgan fingerprint density at radius 2 is 1.79 bits per heavy atom. The number of sulfone groups is 1. The maximum absolute atomic E-state index is 10.6. The molecular weight excluding hydrogens is 206 g/mol. The summed E-state index contributed by atoms with van der Waals surface area (Å²) in [7, 11) is -2.92. The summed E-state index contributed by atoms with van der Waals surface area (Å²) in [5.74, 6) is -0.394. The molecule has 0 rings (SSSR count). The standard InChI is InChI=1S/C6H13NO4S.C2H6/c1-12(10,11)5-3-2-4-6(8)7-9;1-2/h9H,2-5H2,1H3,(H,7,8);1-2H3. The van der Waals surface area contributed by atoms with Crippen molar-refractivity contribution in [2.75, 3.05) is 12.0 Å². The molecule has 0 aromatic carbocycles. The van der Waals surface area contributed by atoms with E-state index < -0.39 is 15.7 Å². The summed E-state index contributed by atoms with van der Waals surface area (Å²) in [4.78, 5) is 10.4. The van der Waals surface area contributed by atoms with E-state index in [1.54, 1.807) is 0 Å².